The highest BCUT2D eigenvalue weighted by Gasteiger charge is 2.14. The quantitative estimate of drug-likeness (QED) is 0.609. The fourth-order valence-electron chi connectivity index (χ4n) is 2.28. The second-order valence-electron chi connectivity index (χ2n) is 4.85. The summed E-state index contributed by atoms with van der Waals surface area (Å²) in [6, 6.07) is 7.40. The highest BCUT2D eigenvalue weighted by atomic mass is 35.5. The third-order valence-electron chi connectivity index (χ3n) is 3.31. The zero-order chi connectivity index (χ0) is 15.8. The second kappa shape index (κ2) is 5.29. The number of anilines is 1. The van der Waals surface area contributed by atoms with E-state index in [1.165, 1.54) is 6.33 Å². The molecule has 1 aromatic carbocycles. The van der Waals surface area contributed by atoms with Gasteiger partial charge in [-0.3, -0.25) is 0 Å². The predicted molar refractivity (Wildman–Crippen MR) is 86.7 cm³/mol. The van der Waals surface area contributed by atoms with Crippen molar-refractivity contribution < 1.29 is 0 Å². The molecule has 8 heteroatoms. The summed E-state index contributed by atoms with van der Waals surface area (Å²) in [5.74, 6) is 0.179. The summed E-state index contributed by atoms with van der Waals surface area (Å²) in [6.07, 6.45) is 6.58. The fraction of sp³-hybridized carbons (Fsp3) is 0. The number of nitrogens with zero attached hydrogens (tertiary/aromatic N) is 6. The van der Waals surface area contributed by atoms with Gasteiger partial charge in [0.05, 0.1) is 11.9 Å². The summed E-state index contributed by atoms with van der Waals surface area (Å²) in [5, 5.41) is 4.84. The number of fused-ring (bicyclic) bond motifs is 1. The molecule has 0 aliphatic rings. The van der Waals surface area contributed by atoms with Crippen LogP contribution in [0, 0.1) is 0 Å². The van der Waals surface area contributed by atoms with Gasteiger partial charge in [-0.2, -0.15) is 4.98 Å². The molecular formula is C15H10ClN7. The lowest BCUT2D eigenvalue weighted by molar-refractivity contribution is 0.956. The Morgan fingerprint density at radius 1 is 0.957 bits per heavy atom. The fourth-order valence-corrected chi connectivity index (χ4v) is 2.41. The molecule has 0 saturated heterocycles. The van der Waals surface area contributed by atoms with Crippen molar-refractivity contribution in [1.29, 1.82) is 0 Å². The molecule has 0 saturated carbocycles. The Morgan fingerprint density at radius 2 is 1.70 bits per heavy atom. The van der Waals surface area contributed by atoms with E-state index in [1.807, 2.05) is 24.3 Å². The van der Waals surface area contributed by atoms with Gasteiger partial charge in [0.1, 0.15) is 12.0 Å². The molecule has 112 valence electrons. The van der Waals surface area contributed by atoms with Crippen molar-refractivity contribution in [2.24, 2.45) is 0 Å². The summed E-state index contributed by atoms with van der Waals surface area (Å²) in [4.78, 5) is 17.0. The third kappa shape index (κ3) is 2.47. The molecule has 0 amide bonds. The molecule has 0 fully saturated rings. The number of nitrogens with two attached hydrogens (primary N) is 1. The molecule has 3 aromatic heterocycles. The minimum absolute atomic E-state index is 0.179. The van der Waals surface area contributed by atoms with Gasteiger partial charge < -0.3 is 5.73 Å². The van der Waals surface area contributed by atoms with E-state index in [9.17, 15) is 0 Å². The van der Waals surface area contributed by atoms with E-state index in [2.05, 4.69) is 25.0 Å². The van der Waals surface area contributed by atoms with E-state index in [0.717, 1.165) is 16.8 Å². The van der Waals surface area contributed by atoms with Gasteiger partial charge >= 0.3 is 0 Å². The van der Waals surface area contributed by atoms with Crippen molar-refractivity contribution in [3.8, 4) is 22.5 Å². The maximum atomic E-state index is 5.94. The van der Waals surface area contributed by atoms with Gasteiger partial charge in [0.15, 0.2) is 5.65 Å². The normalized spacial score (nSPS) is 11.0. The molecular weight excluding hydrogens is 314 g/mol. The Bertz CT molecular complexity index is 980. The average Bonchev–Trinajstić information content (AvgIpc) is 2.95. The lowest BCUT2D eigenvalue weighted by Gasteiger charge is -2.06. The SMILES string of the molecule is Nc1nc2c(-c3cncnc3)nc(-c3ccc(Cl)cc3)cn2n1. The van der Waals surface area contributed by atoms with Crippen LogP contribution in [0.15, 0.2) is 49.2 Å². The van der Waals surface area contributed by atoms with E-state index in [0.29, 0.717) is 16.4 Å². The maximum Gasteiger partial charge on any atom is 0.240 e. The smallest absolute Gasteiger partial charge is 0.240 e. The molecule has 0 aliphatic carbocycles. The standard InChI is InChI=1S/C15H10ClN7/c16-11-3-1-9(2-4-11)12-7-23-14(21-15(17)22-23)13(20-12)10-5-18-8-19-6-10/h1-8H,(H2,17,22). The molecule has 3 heterocycles. The zero-order valence-electron chi connectivity index (χ0n) is 11.8. The number of nitrogen functional groups attached to an aromatic ring is 1. The Labute approximate surface area is 135 Å². The Kier molecular flexibility index (Phi) is 3.13. The van der Waals surface area contributed by atoms with Crippen molar-refractivity contribution in [3.05, 3.63) is 54.2 Å². The minimum atomic E-state index is 0.179. The third-order valence-corrected chi connectivity index (χ3v) is 3.56. The number of aromatic nitrogens is 6. The lowest BCUT2D eigenvalue weighted by atomic mass is 10.1. The van der Waals surface area contributed by atoms with Crippen molar-refractivity contribution in [2.75, 3.05) is 5.73 Å². The Hall–Kier alpha value is -3.06. The van der Waals surface area contributed by atoms with Crippen LogP contribution in [-0.2, 0) is 0 Å². The molecule has 7 nitrogen and oxygen atoms in total. The molecule has 4 rings (SSSR count). The number of hydrogen-bond acceptors (Lipinski definition) is 6. The van der Waals surface area contributed by atoms with Gasteiger partial charge in [0, 0.05) is 28.5 Å². The molecule has 0 radical (unpaired) electrons. The van der Waals surface area contributed by atoms with Crippen molar-refractivity contribution in [2.45, 2.75) is 0 Å². The topological polar surface area (TPSA) is 94.9 Å². The van der Waals surface area contributed by atoms with Crippen LogP contribution in [0.5, 0.6) is 0 Å². The highest BCUT2D eigenvalue weighted by Crippen LogP contribution is 2.26. The van der Waals surface area contributed by atoms with Gasteiger partial charge in [-0.25, -0.2) is 19.5 Å². The molecule has 0 unspecified atom stereocenters. The lowest BCUT2D eigenvalue weighted by Crippen LogP contribution is -1.98. The van der Waals surface area contributed by atoms with Crippen LogP contribution in [0.4, 0.5) is 5.95 Å². The van der Waals surface area contributed by atoms with Crippen LogP contribution >= 0.6 is 11.6 Å². The van der Waals surface area contributed by atoms with E-state index in [4.69, 9.17) is 17.3 Å². The maximum absolute atomic E-state index is 5.94. The van der Waals surface area contributed by atoms with Crippen molar-refractivity contribution in [3.63, 3.8) is 0 Å². The number of rotatable bonds is 2. The molecule has 0 spiro atoms. The van der Waals surface area contributed by atoms with Crippen LogP contribution in [0.3, 0.4) is 0 Å². The number of benzene rings is 1. The average molecular weight is 324 g/mol. The van der Waals surface area contributed by atoms with Gasteiger partial charge in [0.25, 0.3) is 0 Å². The summed E-state index contributed by atoms with van der Waals surface area (Å²) < 4.78 is 1.61. The minimum Gasteiger partial charge on any atom is -0.366 e. The van der Waals surface area contributed by atoms with Crippen LogP contribution in [0.2, 0.25) is 5.02 Å². The van der Waals surface area contributed by atoms with Crippen LogP contribution in [0.25, 0.3) is 28.2 Å². The van der Waals surface area contributed by atoms with E-state index < -0.39 is 0 Å². The summed E-state index contributed by atoms with van der Waals surface area (Å²) in [5.41, 5.74) is 9.25. The number of halogens is 1. The first-order valence-electron chi connectivity index (χ1n) is 6.75. The first-order valence-corrected chi connectivity index (χ1v) is 7.13. The van der Waals surface area contributed by atoms with Crippen LogP contribution in [0.1, 0.15) is 0 Å². The summed E-state index contributed by atoms with van der Waals surface area (Å²) >= 11 is 5.94. The Morgan fingerprint density at radius 3 is 2.43 bits per heavy atom. The van der Waals surface area contributed by atoms with Crippen molar-refractivity contribution in [1.82, 2.24) is 29.5 Å². The van der Waals surface area contributed by atoms with Gasteiger partial charge in [-0.15, -0.1) is 5.10 Å². The van der Waals surface area contributed by atoms with Crippen LogP contribution in [-0.4, -0.2) is 29.5 Å². The molecule has 0 atom stereocenters. The van der Waals surface area contributed by atoms with E-state index in [1.54, 1.807) is 23.1 Å². The van der Waals surface area contributed by atoms with Crippen molar-refractivity contribution >= 4 is 23.2 Å². The number of hydrogen-bond donors (Lipinski definition) is 1. The van der Waals surface area contributed by atoms with E-state index in [-0.39, 0.29) is 5.95 Å². The van der Waals surface area contributed by atoms with Crippen LogP contribution < -0.4 is 5.73 Å². The zero-order valence-corrected chi connectivity index (χ0v) is 12.5. The van der Waals surface area contributed by atoms with Gasteiger partial charge in [-0.1, -0.05) is 23.7 Å². The predicted octanol–water partition coefficient (Wildman–Crippen LogP) is 2.48. The largest absolute Gasteiger partial charge is 0.366 e. The van der Waals surface area contributed by atoms with Gasteiger partial charge in [0.2, 0.25) is 5.95 Å². The monoisotopic (exact) mass is 323 g/mol. The molecule has 0 aliphatic heterocycles. The first kappa shape index (κ1) is 13.6. The second-order valence-corrected chi connectivity index (χ2v) is 5.28. The molecule has 2 N–H and O–H groups in total. The highest BCUT2D eigenvalue weighted by molar-refractivity contribution is 6.30. The Balaban J connectivity index is 1.98. The van der Waals surface area contributed by atoms with E-state index >= 15 is 0 Å². The summed E-state index contributed by atoms with van der Waals surface area (Å²) in [7, 11) is 0. The molecule has 0 bridgehead atoms. The molecule has 4 aromatic rings. The molecule has 23 heavy (non-hydrogen) atoms. The first-order chi connectivity index (χ1) is 11.2. The summed E-state index contributed by atoms with van der Waals surface area (Å²) in [6.45, 7) is 0. The van der Waals surface area contributed by atoms with Gasteiger partial charge in [-0.05, 0) is 12.1 Å².